The van der Waals surface area contributed by atoms with Crippen LogP contribution in [-0.2, 0) is 0 Å². The van der Waals surface area contributed by atoms with Gasteiger partial charge in [0.1, 0.15) is 0 Å². The number of carbonyl (C=O) groups excluding carboxylic acids is 1. The summed E-state index contributed by atoms with van der Waals surface area (Å²) in [6.45, 7) is 0.596. The second kappa shape index (κ2) is 6.40. The molecule has 0 aliphatic carbocycles. The van der Waals surface area contributed by atoms with Crippen molar-refractivity contribution in [2.45, 2.75) is 4.90 Å². The van der Waals surface area contributed by atoms with Gasteiger partial charge in [0.25, 0.3) is 5.91 Å². The summed E-state index contributed by atoms with van der Waals surface area (Å²) in [4.78, 5) is 12.7. The Labute approximate surface area is 107 Å². The number of benzene rings is 1. The molecule has 0 bridgehead atoms. The van der Waals surface area contributed by atoms with Gasteiger partial charge in [-0.25, -0.2) is 0 Å². The molecule has 1 rings (SSSR count). The number of hydrogen-bond acceptors (Lipinski definition) is 2. The minimum Gasteiger partial charge on any atom is -0.351 e. The Morgan fingerprint density at radius 2 is 2.33 bits per heavy atom. The van der Waals surface area contributed by atoms with E-state index in [9.17, 15) is 4.79 Å². The molecule has 0 heterocycles. The third kappa shape index (κ3) is 3.70. The van der Waals surface area contributed by atoms with Crippen LogP contribution in [0.15, 0.2) is 23.1 Å². The third-order valence-electron chi connectivity index (χ3n) is 1.80. The van der Waals surface area contributed by atoms with Crippen molar-refractivity contribution in [3.8, 4) is 0 Å². The molecule has 0 radical (unpaired) electrons. The highest BCUT2D eigenvalue weighted by Crippen LogP contribution is 2.22. The summed E-state index contributed by atoms with van der Waals surface area (Å²) < 4.78 is 0. The molecule has 1 aromatic carbocycles. The molecule has 0 atom stereocenters. The zero-order chi connectivity index (χ0) is 11.3. The van der Waals surface area contributed by atoms with Gasteiger partial charge in [0.2, 0.25) is 0 Å². The Balaban J connectivity index is 2.86. The Morgan fingerprint density at radius 1 is 1.60 bits per heavy atom. The number of alkyl halides is 1. The van der Waals surface area contributed by atoms with Crippen molar-refractivity contribution < 1.29 is 4.79 Å². The first-order valence-electron chi connectivity index (χ1n) is 4.36. The zero-order valence-corrected chi connectivity index (χ0v) is 11.4. The molecule has 0 fully saturated rings. The van der Waals surface area contributed by atoms with Crippen molar-refractivity contribution in [3.63, 3.8) is 0 Å². The number of thioether (sulfide) groups is 1. The first-order chi connectivity index (χ1) is 7.19. The molecule has 0 unspecified atom stereocenters. The van der Waals surface area contributed by atoms with E-state index in [-0.39, 0.29) is 5.91 Å². The molecule has 0 aliphatic rings. The quantitative estimate of drug-likeness (QED) is 0.684. The fourth-order valence-electron chi connectivity index (χ4n) is 1.06. The molecule has 0 spiro atoms. The predicted octanol–water partition coefficient (Wildman–Crippen LogP) is 3.19. The van der Waals surface area contributed by atoms with Gasteiger partial charge in [0.15, 0.2) is 0 Å². The molecule has 0 aliphatic heterocycles. The van der Waals surface area contributed by atoms with Crippen molar-refractivity contribution in [1.82, 2.24) is 5.32 Å². The highest BCUT2D eigenvalue weighted by atomic mass is 79.9. The van der Waals surface area contributed by atoms with E-state index in [0.29, 0.717) is 17.1 Å². The number of amides is 1. The maximum Gasteiger partial charge on any atom is 0.252 e. The standard InChI is InChI=1S/C10H11BrClNOS/c1-15-7-2-3-9(12)8(6-7)10(14)13-5-4-11/h2-3,6H,4-5H2,1H3,(H,13,14). The smallest absolute Gasteiger partial charge is 0.252 e. The Hall–Kier alpha value is -0.190. The molecule has 1 aromatic rings. The van der Waals surface area contributed by atoms with Gasteiger partial charge >= 0.3 is 0 Å². The number of hydrogen-bond donors (Lipinski definition) is 1. The maximum atomic E-state index is 11.7. The minimum absolute atomic E-state index is 0.129. The fourth-order valence-corrected chi connectivity index (χ4v) is 1.90. The van der Waals surface area contributed by atoms with E-state index in [1.807, 2.05) is 12.3 Å². The molecule has 5 heteroatoms. The fraction of sp³-hybridized carbons (Fsp3) is 0.300. The Kier molecular flexibility index (Phi) is 5.50. The molecule has 82 valence electrons. The summed E-state index contributed by atoms with van der Waals surface area (Å²) in [5.74, 6) is -0.129. The van der Waals surface area contributed by atoms with Crippen LogP contribution in [0.4, 0.5) is 0 Å². The molecule has 1 N–H and O–H groups in total. The summed E-state index contributed by atoms with van der Waals surface area (Å²) in [6, 6.07) is 5.45. The molecule has 0 saturated heterocycles. The molecular formula is C10H11BrClNOS. The van der Waals surface area contributed by atoms with Crippen molar-refractivity contribution in [3.05, 3.63) is 28.8 Å². The van der Waals surface area contributed by atoms with E-state index in [0.717, 1.165) is 10.2 Å². The lowest BCUT2D eigenvalue weighted by Gasteiger charge is -2.06. The predicted molar refractivity (Wildman–Crippen MR) is 69.4 cm³/mol. The van der Waals surface area contributed by atoms with Crippen LogP contribution >= 0.6 is 39.3 Å². The third-order valence-corrected chi connectivity index (χ3v) is 3.25. The van der Waals surface area contributed by atoms with Crippen molar-refractivity contribution in [2.24, 2.45) is 0 Å². The van der Waals surface area contributed by atoms with Gasteiger partial charge in [-0.3, -0.25) is 4.79 Å². The monoisotopic (exact) mass is 307 g/mol. The molecule has 1 amide bonds. The Morgan fingerprint density at radius 3 is 2.93 bits per heavy atom. The van der Waals surface area contributed by atoms with Crippen LogP contribution in [0.5, 0.6) is 0 Å². The van der Waals surface area contributed by atoms with E-state index >= 15 is 0 Å². The van der Waals surface area contributed by atoms with E-state index in [1.165, 1.54) is 0 Å². The summed E-state index contributed by atoms with van der Waals surface area (Å²) in [5.41, 5.74) is 0.532. The highest BCUT2D eigenvalue weighted by molar-refractivity contribution is 9.09. The van der Waals surface area contributed by atoms with Crippen LogP contribution in [0.3, 0.4) is 0 Å². The van der Waals surface area contributed by atoms with Crippen LogP contribution in [0.1, 0.15) is 10.4 Å². The van der Waals surface area contributed by atoms with Crippen LogP contribution in [0.2, 0.25) is 5.02 Å². The van der Waals surface area contributed by atoms with Crippen LogP contribution in [-0.4, -0.2) is 24.0 Å². The summed E-state index contributed by atoms with van der Waals surface area (Å²) in [7, 11) is 0. The van der Waals surface area contributed by atoms with E-state index < -0.39 is 0 Å². The first-order valence-corrected chi connectivity index (χ1v) is 7.09. The second-order valence-corrected chi connectivity index (χ2v) is 4.87. The van der Waals surface area contributed by atoms with Gasteiger partial charge in [0.05, 0.1) is 10.6 Å². The van der Waals surface area contributed by atoms with Crippen LogP contribution in [0.25, 0.3) is 0 Å². The SMILES string of the molecule is CSc1ccc(Cl)c(C(=O)NCCBr)c1. The first kappa shape index (κ1) is 12.9. The summed E-state index contributed by atoms with van der Waals surface area (Å²) in [6.07, 6.45) is 1.96. The lowest BCUT2D eigenvalue weighted by Crippen LogP contribution is -2.25. The Bertz CT molecular complexity index is 359. The average Bonchev–Trinajstić information content (AvgIpc) is 2.26. The van der Waals surface area contributed by atoms with Gasteiger partial charge in [-0.2, -0.15) is 0 Å². The van der Waals surface area contributed by atoms with Crippen molar-refractivity contribution >= 4 is 45.2 Å². The number of carbonyl (C=O) groups is 1. The zero-order valence-electron chi connectivity index (χ0n) is 8.22. The molecule has 2 nitrogen and oxygen atoms in total. The largest absolute Gasteiger partial charge is 0.351 e. The topological polar surface area (TPSA) is 29.1 Å². The van der Waals surface area contributed by atoms with E-state index in [2.05, 4.69) is 21.2 Å². The molecule has 15 heavy (non-hydrogen) atoms. The summed E-state index contributed by atoms with van der Waals surface area (Å²) in [5, 5.41) is 3.98. The lowest BCUT2D eigenvalue weighted by atomic mass is 10.2. The van der Waals surface area contributed by atoms with Gasteiger partial charge in [-0.05, 0) is 24.5 Å². The molecule has 0 saturated carbocycles. The number of nitrogens with one attached hydrogen (secondary N) is 1. The van der Waals surface area contributed by atoms with E-state index in [4.69, 9.17) is 11.6 Å². The number of rotatable bonds is 4. The van der Waals surface area contributed by atoms with E-state index in [1.54, 1.807) is 23.9 Å². The normalized spacial score (nSPS) is 10.1. The van der Waals surface area contributed by atoms with Crippen molar-refractivity contribution in [1.29, 1.82) is 0 Å². The second-order valence-electron chi connectivity index (χ2n) is 2.79. The van der Waals surface area contributed by atoms with Crippen LogP contribution in [0, 0.1) is 0 Å². The van der Waals surface area contributed by atoms with Crippen molar-refractivity contribution in [2.75, 3.05) is 18.1 Å². The average molecular weight is 309 g/mol. The van der Waals surface area contributed by atoms with Gasteiger partial charge in [0, 0.05) is 16.8 Å². The maximum absolute atomic E-state index is 11.7. The van der Waals surface area contributed by atoms with Gasteiger partial charge < -0.3 is 5.32 Å². The summed E-state index contributed by atoms with van der Waals surface area (Å²) >= 11 is 10.8. The van der Waals surface area contributed by atoms with Gasteiger partial charge in [-0.15, -0.1) is 11.8 Å². The van der Waals surface area contributed by atoms with Gasteiger partial charge in [-0.1, -0.05) is 27.5 Å². The minimum atomic E-state index is -0.129. The van der Waals surface area contributed by atoms with Crippen LogP contribution < -0.4 is 5.32 Å². The lowest BCUT2D eigenvalue weighted by molar-refractivity contribution is 0.0956. The number of halogens is 2. The highest BCUT2D eigenvalue weighted by Gasteiger charge is 2.10. The molecule has 0 aromatic heterocycles. The molecular weight excluding hydrogens is 298 g/mol.